The number of nitrogens with one attached hydrogen (secondary N) is 2. The van der Waals surface area contributed by atoms with Crippen molar-refractivity contribution in [2.24, 2.45) is 0 Å². The fraction of sp³-hybridized carbons (Fsp3) is 0.118. The number of benzene rings is 1. The minimum Gasteiger partial charge on any atom is -0.358 e. The van der Waals surface area contributed by atoms with E-state index < -0.39 is 5.91 Å². The molecule has 0 aliphatic carbocycles. The van der Waals surface area contributed by atoms with Gasteiger partial charge in [-0.15, -0.1) is 11.3 Å². The van der Waals surface area contributed by atoms with Gasteiger partial charge in [-0.2, -0.15) is 0 Å². The van der Waals surface area contributed by atoms with Crippen LogP contribution >= 0.6 is 11.3 Å². The van der Waals surface area contributed by atoms with Crippen molar-refractivity contribution in [3.05, 3.63) is 69.0 Å². The van der Waals surface area contributed by atoms with Crippen LogP contribution in [0.4, 0.5) is 5.13 Å². The van der Waals surface area contributed by atoms with Crippen molar-refractivity contribution in [1.82, 2.24) is 9.97 Å². The van der Waals surface area contributed by atoms with Crippen LogP contribution in [0.3, 0.4) is 0 Å². The first-order chi connectivity index (χ1) is 11.1. The molecule has 0 atom stereocenters. The van der Waals surface area contributed by atoms with Crippen molar-refractivity contribution < 1.29 is 4.79 Å². The van der Waals surface area contributed by atoms with Crippen molar-refractivity contribution in [1.29, 1.82) is 0 Å². The van der Waals surface area contributed by atoms with E-state index in [0.29, 0.717) is 16.4 Å². The summed E-state index contributed by atoms with van der Waals surface area (Å²) in [5.74, 6) is -0.443. The molecule has 2 heterocycles. The Hall–Kier alpha value is -2.73. The van der Waals surface area contributed by atoms with Gasteiger partial charge in [0.2, 0.25) is 0 Å². The van der Waals surface area contributed by atoms with Gasteiger partial charge >= 0.3 is 0 Å². The standard InChI is InChI=1S/C17H15N3O2S/c1-10-14(12-6-4-3-5-7-12)19-11(2)13(15(10)21)16(22)20-17-18-8-9-23-17/h3-9H,1-2H3,(H,19,21)(H,18,20,22). The van der Waals surface area contributed by atoms with E-state index in [-0.39, 0.29) is 11.0 Å². The number of H-pyrrole nitrogens is 1. The number of carbonyl (C=O) groups excluding carboxylic acids is 1. The Bertz CT molecular complexity index is 900. The number of carbonyl (C=O) groups is 1. The van der Waals surface area contributed by atoms with Gasteiger partial charge in [0.15, 0.2) is 10.6 Å². The molecule has 23 heavy (non-hydrogen) atoms. The van der Waals surface area contributed by atoms with Crippen molar-refractivity contribution >= 4 is 22.4 Å². The summed E-state index contributed by atoms with van der Waals surface area (Å²) >= 11 is 1.31. The Morgan fingerprint density at radius 1 is 1.22 bits per heavy atom. The van der Waals surface area contributed by atoms with E-state index in [2.05, 4.69) is 15.3 Å². The fourth-order valence-corrected chi connectivity index (χ4v) is 2.95. The number of hydrogen-bond donors (Lipinski definition) is 2. The van der Waals surface area contributed by atoms with Crippen molar-refractivity contribution in [2.45, 2.75) is 13.8 Å². The maximum absolute atomic E-state index is 12.7. The van der Waals surface area contributed by atoms with Crippen LogP contribution in [0.15, 0.2) is 46.7 Å². The smallest absolute Gasteiger partial charge is 0.263 e. The zero-order chi connectivity index (χ0) is 16.4. The number of aryl methyl sites for hydroxylation is 1. The molecule has 0 saturated carbocycles. The van der Waals surface area contributed by atoms with Gasteiger partial charge in [0.05, 0.1) is 5.69 Å². The molecule has 0 aliphatic heterocycles. The van der Waals surface area contributed by atoms with Crippen LogP contribution < -0.4 is 10.7 Å². The van der Waals surface area contributed by atoms with Crippen LogP contribution in [-0.2, 0) is 0 Å². The number of amides is 1. The van der Waals surface area contributed by atoms with Crippen LogP contribution in [-0.4, -0.2) is 15.9 Å². The summed E-state index contributed by atoms with van der Waals surface area (Å²) in [7, 11) is 0. The summed E-state index contributed by atoms with van der Waals surface area (Å²) in [6.45, 7) is 3.45. The van der Waals surface area contributed by atoms with Crippen LogP contribution in [0.1, 0.15) is 21.6 Å². The number of nitrogens with zero attached hydrogens (tertiary/aromatic N) is 1. The summed E-state index contributed by atoms with van der Waals surface area (Å²) in [5, 5.41) is 4.89. The number of pyridine rings is 1. The van der Waals surface area contributed by atoms with Gasteiger partial charge in [-0.05, 0) is 19.4 Å². The number of hydrogen-bond acceptors (Lipinski definition) is 4. The monoisotopic (exact) mass is 325 g/mol. The van der Waals surface area contributed by atoms with Gasteiger partial charge in [-0.1, -0.05) is 30.3 Å². The normalized spacial score (nSPS) is 10.5. The quantitative estimate of drug-likeness (QED) is 0.775. The Labute approximate surface area is 137 Å². The molecule has 0 fully saturated rings. The highest BCUT2D eigenvalue weighted by Crippen LogP contribution is 2.21. The molecule has 6 heteroatoms. The number of aromatic nitrogens is 2. The highest BCUT2D eigenvalue weighted by atomic mass is 32.1. The highest BCUT2D eigenvalue weighted by molar-refractivity contribution is 7.13. The number of anilines is 1. The molecule has 2 N–H and O–H groups in total. The lowest BCUT2D eigenvalue weighted by Gasteiger charge is -2.11. The number of aromatic amines is 1. The zero-order valence-electron chi connectivity index (χ0n) is 12.7. The summed E-state index contributed by atoms with van der Waals surface area (Å²) in [4.78, 5) is 32.2. The van der Waals surface area contributed by atoms with Crippen LogP contribution in [0.25, 0.3) is 11.3 Å². The summed E-state index contributed by atoms with van der Waals surface area (Å²) in [6, 6.07) is 9.58. The molecule has 0 bridgehead atoms. The molecule has 5 nitrogen and oxygen atoms in total. The summed E-state index contributed by atoms with van der Waals surface area (Å²) < 4.78 is 0. The average Bonchev–Trinajstić information content (AvgIpc) is 3.04. The third kappa shape index (κ3) is 2.93. The van der Waals surface area contributed by atoms with E-state index in [1.54, 1.807) is 25.4 Å². The molecule has 2 aromatic heterocycles. The lowest BCUT2D eigenvalue weighted by atomic mass is 10.0. The van der Waals surface area contributed by atoms with Gasteiger partial charge in [0.1, 0.15) is 5.56 Å². The summed E-state index contributed by atoms with van der Waals surface area (Å²) in [6.07, 6.45) is 1.60. The van der Waals surface area contributed by atoms with Gasteiger partial charge in [0.25, 0.3) is 5.91 Å². The molecule has 3 rings (SSSR count). The van der Waals surface area contributed by atoms with Crippen molar-refractivity contribution in [2.75, 3.05) is 5.32 Å². The second kappa shape index (κ2) is 6.18. The summed E-state index contributed by atoms with van der Waals surface area (Å²) in [5.41, 5.74) is 2.56. The molecule has 0 radical (unpaired) electrons. The minimum absolute atomic E-state index is 0.123. The predicted molar refractivity (Wildman–Crippen MR) is 92.0 cm³/mol. The maximum Gasteiger partial charge on any atom is 0.263 e. The van der Waals surface area contributed by atoms with Gasteiger partial charge in [-0.3, -0.25) is 14.9 Å². The molecule has 3 aromatic rings. The van der Waals surface area contributed by atoms with E-state index in [1.807, 2.05) is 30.3 Å². The second-order valence-electron chi connectivity index (χ2n) is 5.11. The van der Waals surface area contributed by atoms with Gasteiger partial charge in [-0.25, -0.2) is 4.98 Å². The second-order valence-corrected chi connectivity index (χ2v) is 6.01. The molecule has 1 amide bonds. The molecular formula is C17H15N3O2S. The predicted octanol–water partition coefficient (Wildman–Crippen LogP) is 3.37. The number of thiazole rings is 1. The molecule has 1 aromatic carbocycles. The molecule has 0 saturated heterocycles. The van der Waals surface area contributed by atoms with Crippen molar-refractivity contribution in [3.8, 4) is 11.3 Å². The molecule has 116 valence electrons. The lowest BCUT2D eigenvalue weighted by molar-refractivity contribution is 0.102. The molecule has 0 spiro atoms. The maximum atomic E-state index is 12.7. The highest BCUT2D eigenvalue weighted by Gasteiger charge is 2.19. The third-order valence-corrected chi connectivity index (χ3v) is 4.26. The van der Waals surface area contributed by atoms with E-state index >= 15 is 0 Å². The van der Waals surface area contributed by atoms with Crippen molar-refractivity contribution in [3.63, 3.8) is 0 Å². The number of rotatable bonds is 3. The Kier molecular flexibility index (Phi) is 4.08. The first-order valence-corrected chi connectivity index (χ1v) is 7.95. The Balaban J connectivity index is 2.05. The topological polar surface area (TPSA) is 74.8 Å². The lowest BCUT2D eigenvalue weighted by Crippen LogP contribution is -2.26. The van der Waals surface area contributed by atoms with E-state index in [0.717, 1.165) is 11.3 Å². The molecule has 0 aliphatic rings. The van der Waals surface area contributed by atoms with Crippen LogP contribution in [0.2, 0.25) is 0 Å². The first kappa shape index (κ1) is 15.2. The zero-order valence-corrected chi connectivity index (χ0v) is 13.5. The fourth-order valence-electron chi connectivity index (χ4n) is 2.43. The van der Waals surface area contributed by atoms with Gasteiger partial charge in [0, 0.05) is 22.8 Å². The van der Waals surface area contributed by atoms with E-state index in [1.165, 1.54) is 11.3 Å². The van der Waals surface area contributed by atoms with Crippen LogP contribution in [0.5, 0.6) is 0 Å². The van der Waals surface area contributed by atoms with E-state index in [9.17, 15) is 9.59 Å². The molecular weight excluding hydrogens is 310 g/mol. The Morgan fingerprint density at radius 3 is 2.61 bits per heavy atom. The SMILES string of the molecule is Cc1[nH]c(-c2ccccc2)c(C)c(=O)c1C(=O)Nc1nccs1. The third-order valence-electron chi connectivity index (χ3n) is 3.57. The largest absolute Gasteiger partial charge is 0.358 e. The average molecular weight is 325 g/mol. The molecule has 0 unspecified atom stereocenters. The Morgan fingerprint density at radius 2 is 1.96 bits per heavy atom. The van der Waals surface area contributed by atoms with E-state index in [4.69, 9.17) is 0 Å². The van der Waals surface area contributed by atoms with Gasteiger partial charge < -0.3 is 4.98 Å². The van der Waals surface area contributed by atoms with Crippen LogP contribution in [0, 0.1) is 13.8 Å². The minimum atomic E-state index is -0.443. The first-order valence-electron chi connectivity index (χ1n) is 7.07.